The normalized spacial score (nSPS) is 13.1. The lowest BCUT2D eigenvalue weighted by atomic mass is 9.99. The first kappa shape index (κ1) is 31.7. The van der Waals surface area contributed by atoms with Gasteiger partial charge in [0, 0.05) is 6.42 Å². The molecule has 9 nitrogen and oxygen atoms in total. The fourth-order valence-electron chi connectivity index (χ4n) is 4.94. The van der Waals surface area contributed by atoms with E-state index < -0.39 is 29.9 Å². The summed E-state index contributed by atoms with van der Waals surface area (Å²) in [6.07, 6.45) is 1.02. The van der Waals surface area contributed by atoms with Gasteiger partial charge >= 0.3 is 0 Å². The van der Waals surface area contributed by atoms with Crippen molar-refractivity contribution in [3.8, 4) is 11.5 Å². The van der Waals surface area contributed by atoms with Gasteiger partial charge in [-0.15, -0.1) is 0 Å². The Bertz CT molecular complexity index is 1600. The topological polar surface area (TPSA) is 145 Å². The Hall–Kier alpha value is -5.18. The monoisotopic (exact) mass is 595 g/mol. The van der Waals surface area contributed by atoms with Crippen molar-refractivity contribution < 1.29 is 29.4 Å². The van der Waals surface area contributed by atoms with Gasteiger partial charge in [0.05, 0.1) is 12.5 Å². The number of phenolic OH excluding ortho intramolecular Hbond substituents is 2. The summed E-state index contributed by atoms with van der Waals surface area (Å²) < 4.78 is 0. The van der Waals surface area contributed by atoms with E-state index in [1.54, 1.807) is 38.1 Å². The zero-order valence-electron chi connectivity index (χ0n) is 24.7. The van der Waals surface area contributed by atoms with Crippen molar-refractivity contribution in [1.29, 1.82) is 0 Å². The van der Waals surface area contributed by atoms with Crippen LogP contribution in [0.1, 0.15) is 30.5 Å². The van der Waals surface area contributed by atoms with Crippen LogP contribution >= 0.6 is 0 Å². The first-order valence-electron chi connectivity index (χ1n) is 14.5. The van der Waals surface area contributed by atoms with E-state index in [2.05, 4.69) is 16.0 Å². The third-order valence-electron chi connectivity index (χ3n) is 7.34. The number of aldehydes is 1. The number of aromatic hydroxyl groups is 2. The minimum absolute atomic E-state index is 0.0521. The molecule has 0 aliphatic carbocycles. The summed E-state index contributed by atoms with van der Waals surface area (Å²) in [7, 11) is 0. The fraction of sp³-hybridized carbons (Fsp3) is 0.257. The molecule has 4 aromatic carbocycles. The largest absolute Gasteiger partial charge is 0.508 e. The van der Waals surface area contributed by atoms with E-state index in [1.807, 2.05) is 42.5 Å². The number of fused-ring (bicyclic) bond motifs is 1. The lowest BCUT2D eigenvalue weighted by Gasteiger charge is -2.26. The van der Waals surface area contributed by atoms with Crippen molar-refractivity contribution in [3.63, 3.8) is 0 Å². The number of hydrogen-bond donors (Lipinski definition) is 5. The van der Waals surface area contributed by atoms with Gasteiger partial charge < -0.3 is 31.0 Å². The molecule has 9 heteroatoms. The molecule has 0 saturated carbocycles. The Morgan fingerprint density at radius 1 is 0.682 bits per heavy atom. The highest BCUT2D eigenvalue weighted by molar-refractivity contribution is 5.93. The van der Waals surface area contributed by atoms with Gasteiger partial charge in [0.25, 0.3) is 0 Å². The molecule has 44 heavy (non-hydrogen) atoms. The molecule has 0 aliphatic heterocycles. The van der Waals surface area contributed by atoms with Crippen LogP contribution in [0.25, 0.3) is 10.8 Å². The Morgan fingerprint density at radius 2 is 1.25 bits per heavy atom. The molecule has 3 amide bonds. The third kappa shape index (κ3) is 8.91. The minimum atomic E-state index is -1.01. The second kappa shape index (κ2) is 14.8. The van der Waals surface area contributed by atoms with E-state index in [9.17, 15) is 29.4 Å². The maximum absolute atomic E-state index is 13.6. The van der Waals surface area contributed by atoms with Crippen LogP contribution in [-0.2, 0) is 38.4 Å². The first-order valence-corrected chi connectivity index (χ1v) is 14.5. The zero-order chi connectivity index (χ0) is 31.6. The zero-order valence-corrected chi connectivity index (χ0v) is 24.7. The predicted molar refractivity (Wildman–Crippen MR) is 168 cm³/mol. The summed E-state index contributed by atoms with van der Waals surface area (Å²) in [5, 5.41) is 29.6. The van der Waals surface area contributed by atoms with Crippen molar-refractivity contribution >= 4 is 34.8 Å². The average molecular weight is 596 g/mol. The average Bonchev–Trinajstić information content (AvgIpc) is 3.00. The van der Waals surface area contributed by atoms with E-state index in [0.29, 0.717) is 11.8 Å². The summed E-state index contributed by atoms with van der Waals surface area (Å²) >= 11 is 0. The van der Waals surface area contributed by atoms with Gasteiger partial charge in [-0.2, -0.15) is 0 Å². The second-order valence-corrected chi connectivity index (χ2v) is 11.2. The second-order valence-electron chi connectivity index (χ2n) is 11.2. The highest BCUT2D eigenvalue weighted by Crippen LogP contribution is 2.17. The number of nitrogens with one attached hydrogen (secondary N) is 3. The van der Waals surface area contributed by atoms with Crippen molar-refractivity contribution in [1.82, 2.24) is 16.0 Å². The number of carbonyl (C=O) groups excluding carboxylic acids is 4. The predicted octanol–water partition coefficient (Wildman–Crippen LogP) is 3.59. The van der Waals surface area contributed by atoms with Gasteiger partial charge in [-0.25, -0.2) is 0 Å². The van der Waals surface area contributed by atoms with Crippen LogP contribution in [0.4, 0.5) is 0 Å². The lowest BCUT2D eigenvalue weighted by Crippen LogP contribution is -2.57. The summed E-state index contributed by atoms with van der Waals surface area (Å²) in [4.78, 5) is 51.9. The van der Waals surface area contributed by atoms with Crippen molar-refractivity contribution in [2.24, 2.45) is 5.92 Å². The highest BCUT2D eigenvalue weighted by atomic mass is 16.3. The molecule has 0 aromatic heterocycles. The van der Waals surface area contributed by atoms with Gasteiger partial charge in [-0.1, -0.05) is 80.6 Å². The molecule has 0 spiro atoms. The van der Waals surface area contributed by atoms with Gasteiger partial charge in [-0.05, 0) is 64.1 Å². The van der Waals surface area contributed by atoms with E-state index in [-0.39, 0.29) is 42.6 Å². The molecular weight excluding hydrogens is 558 g/mol. The van der Waals surface area contributed by atoms with Crippen LogP contribution in [0.3, 0.4) is 0 Å². The minimum Gasteiger partial charge on any atom is -0.508 e. The molecule has 0 saturated heterocycles. The summed E-state index contributed by atoms with van der Waals surface area (Å²) in [5.41, 5.74) is 2.24. The molecule has 0 radical (unpaired) electrons. The van der Waals surface area contributed by atoms with Gasteiger partial charge in [0.1, 0.15) is 29.9 Å². The molecule has 1 unspecified atom stereocenters. The first-order chi connectivity index (χ1) is 21.1. The number of carbonyl (C=O) groups is 4. The van der Waals surface area contributed by atoms with Crippen molar-refractivity contribution in [3.05, 3.63) is 108 Å². The standard InChI is InChI=1S/C35H37N3O6/c1-22(2)33(35(44)36-28(21-39)18-23-8-13-29(40)14-9-23)38-34(43)31(19-24-10-15-30(41)16-11-24)37-32(42)20-25-7-12-26-5-3-4-6-27(26)17-25/h3-17,21-22,28,31,33,40-41H,18-20H2,1-2H3,(H,36,44)(H,37,42)(H,38,43)/t28?,31-,33-/m0/s1. The SMILES string of the molecule is CC(C)[C@H](NC(=O)[C@H](Cc1ccc(O)cc1)NC(=O)Cc1ccc2ccccc2c1)C(=O)NC(C=O)Cc1ccc(O)cc1. The maximum atomic E-state index is 13.6. The van der Waals surface area contributed by atoms with Crippen LogP contribution in [-0.4, -0.2) is 52.3 Å². The smallest absolute Gasteiger partial charge is 0.243 e. The van der Waals surface area contributed by atoms with E-state index in [1.165, 1.54) is 24.3 Å². The van der Waals surface area contributed by atoms with E-state index in [0.717, 1.165) is 21.9 Å². The third-order valence-corrected chi connectivity index (χ3v) is 7.34. The summed E-state index contributed by atoms with van der Waals surface area (Å²) in [5.74, 6) is -1.62. The summed E-state index contributed by atoms with van der Waals surface area (Å²) in [6, 6.07) is 23.4. The molecule has 0 aliphatic rings. The van der Waals surface area contributed by atoms with Crippen LogP contribution in [0, 0.1) is 5.92 Å². The molecule has 4 rings (SSSR count). The molecule has 0 fully saturated rings. The fourth-order valence-corrected chi connectivity index (χ4v) is 4.94. The quantitative estimate of drug-likeness (QED) is 0.150. The number of amides is 3. The molecular formula is C35H37N3O6. The van der Waals surface area contributed by atoms with Crippen LogP contribution in [0.5, 0.6) is 11.5 Å². The molecule has 0 bridgehead atoms. The molecule has 5 N–H and O–H groups in total. The Labute approximate surface area is 256 Å². The molecule has 0 heterocycles. The van der Waals surface area contributed by atoms with Gasteiger partial charge in [0.15, 0.2) is 0 Å². The van der Waals surface area contributed by atoms with Crippen molar-refractivity contribution in [2.75, 3.05) is 0 Å². The molecule has 4 aromatic rings. The van der Waals surface area contributed by atoms with Gasteiger partial charge in [-0.3, -0.25) is 14.4 Å². The van der Waals surface area contributed by atoms with Crippen LogP contribution in [0.2, 0.25) is 0 Å². The number of benzene rings is 4. The molecule has 228 valence electrons. The summed E-state index contributed by atoms with van der Waals surface area (Å²) in [6.45, 7) is 3.54. The number of phenols is 2. The van der Waals surface area contributed by atoms with Gasteiger partial charge in [0.2, 0.25) is 17.7 Å². The van der Waals surface area contributed by atoms with E-state index in [4.69, 9.17) is 0 Å². The number of hydrogen-bond acceptors (Lipinski definition) is 6. The maximum Gasteiger partial charge on any atom is 0.243 e. The van der Waals surface area contributed by atoms with Crippen LogP contribution in [0.15, 0.2) is 91.0 Å². The Morgan fingerprint density at radius 3 is 1.84 bits per heavy atom. The molecule has 3 atom stereocenters. The van der Waals surface area contributed by atoms with Crippen LogP contribution < -0.4 is 16.0 Å². The lowest BCUT2D eigenvalue weighted by molar-refractivity contribution is -0.133. The number of rotatable bonds is 13. The van der Waals surface area contributed by atoms with Crippen molar-refractivity contribution in [2.45, 2.75) is 51.2 Å². The Balaban J connectivity index is 1.47. The Kier molecular flexibility index (Phi) is 10.7. The highest BCUT2D eigenvalue weighted by Gasteiger charge is 2.30. The van der Waals surface area contributed by atoms with E-state index >= 15 is 0 Å².